The van der Waals surface area contributed by atoms with Crippen LogP contribution >= 0.6 is 0 Å². The highest BCUT2D eigenvalue weighted by atomic mass is 16.2. The average molecular weight is 387 g/mol. The number of benzene rings is 1. The number of aryl methyl sites for hydroxylation is 2. The van der Waals surface area contributed by atoms with E-state index in [9.17, 15) is 4.79 Å². The average Bonchev–Trinajstić information content (AvgIpc) is 2.70. The summed E-state index contributed by atoms with van der Waals surface area (Å²) in [6, 6.07) is 6.17. The number of nitrogens with zero attached hydrogens (tertiary/aromatic N) is 3. The number of piperidine rings is 2. The maximum Gasteiger partial charge on any atom is 0.244 e. The van der Waals surface area contributed by atoms with Crippen molar-refractivity contribution in [1.82, 2.24) is 14.7 Å². The second kappa shape index (κ2) is 9.38. The molecule has 1 aromatic carbocycles. The highest BCUT2D eigenvalue weighted by Crippen LogP contribution is 2.30. The zero-order valence-electron chi connectivity index (χ0n) is 18.3. The zero-order chi connectivity index (χ0) is 20.1. The lowest BCUT2D eigenvalue weighted by Crippen LogP contribution is -2.60. The summed E-state index contributed by atoms with van der Waals surface area (Å²) in [6.07, 6.45) is 5.86. The minimum Gasteiger partial charge on any atom is -0.324 e. The molecule has 2 aliphatic heterocycles. The molecule has 0 spiro atoms. The normalized spacial score (nSPS) is 21.0. The quantitative estimate of drug-likeness (QED) is 0.815. The van der Waals surface area contributed by atoms with Crippen LogP contribution in [-0.4, -0.2) is 79.5 Å². The van der Waals surface area contributed by atoms with Crippen LogP contribution in [-0.2, 0) is 4.79 Å². The Bertz CT molecular complexity index is 638. The highest BCUT2D eigenvalue weighted by Gasteiger charge is 2.43. The molecule has 2 saturated heterocycles. The molecule has 2 aliphatic rings. The number of amides is 1. The lowest BCUT2D eigenvalue weighted by atomic mass is 9.85. The third-order valence-electron chi connectivity index (χ3n) is 6.86. The van der Waals surface area contributed by atoms with E-state index in [-0.39, 0.29) is 5.91 Å². The lowest BCUT2D eigenvalue weighted by Gasteiger charge is -2.45. The summed E-state index contributed by atoms with van der Waals surface area (Å²) in [5, 5.41) is 3.26. The van der Waals surface area contributed by atoms with Crippen molar-refractivity contribution in [3.8, 4) is 0 Å². The lowest BCUT2D eigenvalue weighted by molar-refractivity contribution is -0.129. The standard InChI is InChI=1S/C23H38N4O/c1-19-9-8-10-20(2)21(19)24-22(28)23(25(3)4)11-15-27(16-12-23)18-17-26-13-6-5-7-14-26/h8-10H,5-7,11-18H2,1-4H3,(H,24,28). The van der Waals surface area contributed by atoms with Gasteiger partial charge in [-0.05, 0) is 77.8 Å². The van der Waals surface area contributed by atoms with Crippen LogP contribution in [0.4, 0.5) is 5.69 Å². The van der Waals surface area contributed by atoms with Crippen LogP contribution in [0.5, 0.6) is 0 Å². The second-order valence-electron chi connectivity index (χ2n) is 8.89. The van der Waals surface area contributed by atoms with Crippen LogP contribution in [0.15, 0.2) is 18.2 Å². The maximum atomic E-state index is 13.4. The number of carbonyl (C=O) groups is 1. The molecule has 156 valence electrons. The SMILES string of the molecule is Cc1cccc(C)c1NC(=O)C1(N(C)C)CCN(CCN2CCCCC2)CC1. The molecule has 0 aromatic heterocycles. The Labute approximate surface area is 171 Å². The molecule has 0 bridgehead atoms. The Kier molecular flexibility index (Phi) is 7.13. The van der Waals surface area contributed by atoms with E-state index in [0.29, 0.717) is 0 Å². The second-order valence-corrected chi connectivity index (χ2v) is 8.89. The van der Waals surface area contributed by atoms with Gasteiger partial charge in [0.1, 0.15) is 5.54 Å². The topological polar surface area (TPSA) is 38.8 Å². The van der Waals surface area contributed by atoms with Crippen LogP contribution in [0.25, 0.3) is 0 Å². The molecular formula is C23H38N4O. The Hall–Kier alpha value is -1.43. The molecule has 0 saturated carbocycles. The summed E-state index contributed by atoms with van der Waals surface area (Å²) in [5.41, 5.74) is 2.81. The van der Waals surface area contributed by atoms with Crippen molar-refractivity contribution < 1.29 is 4.79 Å². The summed E-state index contributed by atoms with van der Waals surface area (Å²) in [4.78, 5) is 20.7. The van der Waals surface area contributed by atoms with Gasteiger partial charge in [-0.2, -0.15) is 0 Å². The Morgan fingerprint density at radius 3 is 2.04 bits per heavy atom. The van der Waals surface area contributed by atoms with E-state index in [1.54, 1.807) is 0 Å². The fourth-order valence-corrected chi connectivity index (χ4v) is 4.73. The molecule has 0 unspecified atom stereocenters. The van der Waals surface area contributed by atoms with Crippen molar-refractivity contribution >= 4 is 11.6 Å². The number of carbonyl (C=O) groups excluding carboxylic acids is 1. The molecule has 2 fully saturated rings. The number of rotatable bonds is 6. The summed E-state index contributed by atoms with van der Waals surface area (Å²) >= 11 is 0. The van der Waals surface area contributed by atoms with Crippen molar-refractivity contribution in [3.05, 3.63) is 29.3 Å². The van der Waals surface area contributed by atoms with Gasteiger partial charge in [0.15, 0.2) is 0 Å². The first kappa shape index (κ1) is 21.3. The third-order valence-corrected chi connectivity index (χ3v) is 6.86. The van der Waals surface area contributed by atoms with Crippen LogP contribution in [0.2, 0.25) is 0 Å². The Balaban J connectivity index is 1.59. The largest absolute Gasteiger partial charge is 0.324 e. The number of hydrogen-bond acceptors (Lipinski definition) is 4. The third kappa shape index (κ3) is 4.76. The van der Waals surface area contributed by atoms with Gasteiger partial charge in [-0.1, -0.05) is 24.6 Å². The van der Waals surface area contributed by atoms with Crippen LogP contribution < -0.4 is 5.32 Å². The number of para-hydroxylation sites is 1. The van der Waals surface area contributed by atoms with Crippen molar-refractivity contribution in [2.24, 2.45) is 0 Å². The molecule has 2 heterocycles. The van der Waals surface area contributed by atoms with Crippen LogP contribution in [0.1, 0.15) is 43.2 Å². The van der Waals surface area contributed by atoms with E-state index in [0.717, 1.165) is 49.3 Å². The van der Waals surface area contributed by atoms with E-state index in [4.69, 9.17) is 0 Å². The minimum atomic E-state index is -0.420. The molecule has 1 amide bonds. The van der Waals surface area contributed by atoms with Gasteiger partial charge in [-0.15, -0.1) is 0 Å². The molecule has 1 aromatic rings. The number of nitrogens with one attached hydrogen (secondary N) is 1. The first-order valence-electron chi connectivity index (χ1n) is 10.9. The molecule has 1 N–H and O–H groups in total. The number of likely N-dealkylation sites (N-methyl/N-ethyl adjacent to an activating group) is 1. The number of anilines is 1. The first-order valence-corrected chi connectivity index (χ1v) is 10.9. The molecule has 5 nitrogen and oxygen atoms in total. The Morgan fingerprint density at radius 2 is 1.50 bits per heavy atom. The fourth-order valence-electron chi connectivity index (χ4n) is 4.73. The van der Waals surface area contributed by atoms with Gasteiger partial charge in [0.05, 0.1) is 0 Å². The summed E-state index contributed by atoms with van der Waals surface area (Å²) in [7, 11) is 4.10. The van der Waals surface area contributed by atoms with Crippen molar-refractivity contribution in [2.45, 2.75) is 51.5 Å². The fraction of sp³-hybridized carbons (Fsp3) is 0.696. The number of hydrogen-bond donors (Lipinski definition) is 1. The van der Waals surface area contributed by atoms with Gasteiger partial charge < -0.3 is 15.1 Å². The van der Waals surface area contributed by atoms with Crippen molar-refractivity contribution in [3.63, 3.8) is 0 Å². The predicted octanol–water partition coefficient (Wildman–Crippen LogP) is 3.12. The van der Waals surface area contributed by atoms with E-state index < -0.39 is 5.54 Å². The zero-order valence-corrected chi connectivity index (χ0v) is 18.3. The van der Waals surface area contributed by atoms with Crippen LogP contribution in [0, 0.1) is 13.8 Å². The van der Waals surface area contributed by atoms with E-state index in [1.165, 1.54) is 38.9 Å². The van der Waals surface area contributed by atoms with Gasteiger partial charge in [0.25, 0.3) is 0 Å². The van der Waals surface area contributed by atoms with E-state index in [1.807, 2.05) is 20.2 Å². The summed E-state index contributed by atoms with van der Waals surface area (Å²) in [6.45, 7) is 10.9. The summed E-state index contributed by atoms with van der Waals surface area (Å²) < 4.78 is 0. The van der Waals surface area contributed by atoms with Gasteiger partial charge in [0, 0.05) is 31.9 Å². The molecule has 0 atom stereocenters. The van der Waals surface area contributed by atoms with Crippen molar-refractivity contribution in [2.75, 3.05) is 58.7 Å². The van der Waals surface area contributed by atoms with E-state index >= 15 is 0 Å². The molecule has 5 heteroatoms. The monoisotopic (exact) mass is 386 g/mol. The Morgan fingerprint density at radius 1 is 0.964 bits per heavy atom. The van der Waals surface area contributed by atoms with E-state index in [2.05, 4.69) is 46.0 Å². The number of likely N-dealkylation sites (tertiary alicyclic amines) is 2. The highest BCUT2D eigenvalue weighted by molar-refractivity contribution is 5.99. The van der Waals surface area contributed by atoms with Gasteiger partial charge >= 0.3 is 0 Å². The molecule has 3 rings (SSSR count). The maximum absolute atomic E-state index is 13.4. The van der Waals surface area contributed by atoms with Gasteiger partial charge in [-0.25, -0.2) is 0 Å². The van der Waals surface area contributed by atoms with Gasteiger partial charge in [0.2, 0.25) is 5.91 Å². The van der Waals surface area contributed by atoms with Crippen molar-refractivity contribution in [1.29, 1.82) is 0 Å². The summed E-state index contributed by atoms with van der Waals surface area (Å²) in [5.74, 6) is 0.144. The minimum absolute atomic E-state index is 0.144. The predicted molar refractivity (Wildman–Crippen MR) is 117 cm³/mol. The van der Waals surface area contributed by atoms with Gasteiger partial charge in [-0.3, -0.25) is 9.69 Å². The molecule has 0 aliphatic carbocycles. The molecular weight excluding hydrogens is 348 g/mol. The smallest absolute Gasteiger partial charge is 0.244 e. The molecule has 28 heavy (non-hydrogen) atoms. The first-order chi connectivity index (χ1) is 13.4. The molecule has 0 radical (unpaired) electrons. The van der Waals surface area contributed by atoms with Crippen LogP contribution in [0.3, 0.4) is 0 Å².